The monoisotopic (exact) mass is 158 g/mol. The van der Waals surface area contributed by atoms with E-state index >= 15 is 0 Å². The summed E-state index contributed by atoms with van der Waals surface area (Å²) in [6.07, 6.45) is 1.78. The predicted molar refractivity (Wildman–Crippen MR) is 42.2 cm³/mol. The molecule has 0 aliphatic heterocycles. The Morgan fingerprint density at radius 2 is 2.40 bits per heavy atom. The second-order valence-electron chi connectivity index (χ2n) is 2.60. The first-order chi connectivity index (χ1) is 4.75. The number of hydrogen-bond acceptors (Lipinski definition) is 1. The molecule has 0 bridgehead atoms. The van der Waals surface area contributed by atoms with E-state index in [1.54, 1.807) is 6.20 Å². The SMILES string of the molecule is CC(C)c1[nH]ncc1CCl. The summed E-state index contributed by atoms with van der Waals surface area (Å²) in [7, 11) is 0. The summed E-state index contributed by atoms with van der Waals surface area (Å²) in [6, 6.07) is 0. The van der Waals surface area contributed by atoms with Gasteiger partial charge in [-0.25, -0.2) is 0 Å². The van der Waals surface area contributed by atoms with E-state index in [1.807, 2.05) is 0 Å². The Hall–Kier alpha value is -0.500. The number of nitrogens with one attached hydrogen (secondary N) is 1. The fraction of sp³-hybridized carbons (Fsp3) is 0.571. The van der Waals surface area contributed by atoms with Crippen LogP contribution in [0, 0.1) is 0 Å². The molecule has 3 heteroatoms. The summed E-state index contributed by atoms with van der Waals surface area (Å²) in [5, 5.41) is 6.83. The van der Waals surface area contributed by atoms with Gasteiger partial charge in [-0.3, -0.25) is 5.10 Å². The van der Waals surface area contributed by atoms with Gasteiger partial charge in [-0.1, -0.05) is 13.8 Å². The predicted octanol–water partition coefficient (Wildman–Crippen LogP) is 2.27. The standard InChI is InChI=1S/C7H11ClN2/c1-5(2)7-6(3-8)4-9-10-7/h4-5H,3H2,1-2H3,(H,9,10). The third kappa shape index (κ3) is 1.32. The van der Waals surface area contributed by atoms with E-state index in [0.29, 0.717) is 11.8 Å². The van der Waals surface area contributed by atoms with E-state index < -0.39 is 0 Å². The van der Waals surface area contributed by atoms with Gasteiger partial charge in [0, 0.05) is 11.3 Å². The van der Waals surface area contributed by atoms with Crippen molar-refractivity contribution in [1.82, 2.24) is 10.2 Å². The second-order valence-corrected chi connectivity index (χ2v) is 2.86. The number of rotatable bonds is 2. The van der Waals surface area contributed by atoms with Gasteiger partial charge in [0.1, 0.15) is 0 Å². The van der Waals surface area contributed by atoms with Crippen molar-refractivity contribution < 1.29 is 0 Å². The highest BCUT2D eigenvalue weighted by Crippen LogP contribution is 2.17. The van der Waals surface area contributed by atoms with Crippen LogP contribution in [0.25, 0.3) is 0 Å². The fourth-order valence-electron chi connectivity index (χ4n) is 0.927. The van der Waals surface area contributed by atoms with E-state index in [4.69, 9.17) is 11.6 Å². The van der Waals surface area contributed by atoms with Crippen molar-refractivity contribution in [2.45, 2.75) is 25.6 Å². The van der Waals surface area contributed by atoms with Crippen molar-refractivity contribution in [3.63, 3.8) is 0 Å². The van der Waals surface area contributed by atoms with Gasteiger partial charge in [0.05, 0.1) is 12.1 Å². The number of H-pyrrole nitrogens is 1. The maximum absolute atomic E-state index is 5.66. The lowest BCUT2D eigenvalue weighted by atomic mass is 10.1. The molecule has 1 N–H and O–H groups in total. The molecule has 0 aliphatic carbocycles. The van der Waals surface area contributed by atoms with Gasteiger partial charge < -0.3 is 0 Å². The third-order valence-electron chi connectivity index (χ3n) is 1.47. The van der Waals surface area contributed by atoms with Crippen molar-refractivity contribution >= 4 is 11.6 Å². The normalized spacial score (nSPS) is 10.8. The fourth-order valence-corrected chi connectivity index (χ4v) is 1.14. The van der Waals surface area contributed by atoms with E-state index in [1.165, 1.54) is 0 Å². The Balaban J connectivity index is 2.90. The summed E-state index contributed by atoms with van der Waals surface area (Å²) >= 11 is 5.66. The first-order valence-electron chi connectivity index (χ1n) is 3.33. The van der Waals surface area contributed by atoms with Gasteiger partial charge in [0.2, 0.25) is 0 Å². The van der Waals surface area contributed by atoms with E-state index in [0.717, 1.165) is 11.3 Å². The third-order valence-corrected chi connectivity index (χ3v) is 1.76. The van der Waals surface area contributed by atoms with Gasteiger partial charge in [0.15, 0.2) is 0 Å². The highest BCUT2D eigenvalue weighted by molar-refractivity contribution is 6.17. The topological polar surface area (TPSA) is 28.7 Å². The summed E-state index contributed by atoms with van der Waals surface area (Å²) in [5.41, 5.74) is 2.26. The summed E-state index contributed by atoms with van der Waals surface area (Å²) in [6.45, 7) is 4.23. The van der Waals surface area contributed by atoms with Crippen LogP contribution in [0.2, 0.25) is 0 Å². The van der Waals surface area contributed by atoms with Gasteiger partial charge in [-0.05, 0) is 5.92 Å². The molecule has 0 radical (unpaired) electrons. The van der Waals surface area contributed by atoms with Crippen LogP contribution in [-0.2, 0) is 5.88 Å². The van der Waals surface area contributed by atoms with Crippen molar-refractivity contribution in [1.29, 1.82) is 0 Å². The molecule has 0 amide bonds. The van der Waals surface area contributed by atoms with Crippen molar-refractivity contribution in [3.05, 3.63) is 17.5 Å². The smallest absolute Gasteiger partial charge is 0.0534 e. The van der Waals surface area contributed by atoms with Crippen LogP contribution in [0.4, 0.5) is 0 Å². The molecule has 1 aromatic heterocycles. The average molecular weight is 159 g/mol. The Morgan fingerprint density at radius 1 is 1.70 bits per heavy atom. The van der Waals surface area contributed by atoms with Gasteiger partial charge in [-0.2, -0.15) is 5.10 Å². The number of aromatic amines is 1. The Bertz CT molecular complexity index is 205. The molecule has 0 saturated carbocycles. The van der Waals surface area contributed by atoms with Crippen LogP contribution in [-0.4, -0.2) is 10.2 Å². The average Bonchev–Trinajstić information content (AvgIpc) is 2.33. The van der Waals surface area contributed by atoms with Crippen LogP contribution in [0.3, 0.4) is 0 Å². The molecule has 1 aromatic rings. The Kier molecular flexibility index (Phi) is 2.33. The number of hydrogen-bond donors (Lipinski definition) is 1. The number of nitrogens with zero attached hydrogens (tertiary/aromatic N) is 1. The zero-order valence-corrected chi connectivity index (χ0v) is 6.94. The van der Waals surface area contributed by atoms with Gasteiger partial charge in [0.25, 0.3) is 0 Å². The molecule has 56 valence electrons. The van der Waals surface area contributed by atoms with E-state index in [2.05, 4.69) is 24.0 Å². The van der Waals surface area contributed by atoms with Crippen molar-refractivity contribution in [2.75, 3.05) is 0 Å². The lowest BCUT2D eigenvalue weighted by molar-refractivity contribution is 0.803. The van der Waals surface area contributed by atoms with Crippen LogP contribution in [0.1, 0.15) is 31.0 Å². The minimum absolute atomic E-state index is 0.483. The van der Waals surface area contributed by atoms with Crippen molar-refractivity contribution in [3.8, 4) is 0 Å². The minimum atomic E-state index is 0.483. The van der Waals surface area contributed by atoms with Gasteiger partial charge in [-0.15, -0.1) is 11.6 Å². The summed E-state index contributed by atoms with van der Waals surface area (Å²) in [4.78, 5) is 0. The molecule has 1 heterocycles. The molecule has 0 spiro atoms. The van der Waals surface area contributed by atoms with Gasteiger partial charge >= 0.3 is 0 Å². The molecule has 0 fully saturated rings. The second kappa shape index (κ2) is 3.06. The largest absolute Gasteiger partial charge is 0.282 e. The molecule has 1 rings (SSSR count). The molecule has 0 atom stereocenters. The lowest BCUT2D eigenvalue weighted by Gasteiger charge is -2.01. The maximum atomic E-state index is 5.66. The zero-order chi connectivity index (χ0) is 7.56. The molecule has 0 aromatic carbocycles. The number of halogens is 1. The highest BCUT2D eigenvalue weighted by atomic mass is 35.5. The molecule has 2 nitrogen and oxygen atoms in total. The molecule has 0 saturated heterocycles. The van der Waals surface area contributed by atoms with E-state index in [9.17, 15) is 0 Å². The van der Waals surface area contributed by atoms with Crippen LogP contribution in [0.15, 0.2) is 6.20 Å². The first kappa shape index (κ1) is 7.61. The Labute approximate surface area is 65.6 Å². The highest BCUT2D eigenvalue weighted by Gasteiger charge is 2.06. The maximum Gasteiger partial charge on any atom is 0.0534 e. The molecule has 0 unspecified atom stereocenters. The van der Waals surface area contributed by atoms with Crippen molar-refractivity contribution in [2.24, 2.45) is 0 Å². The molecule has 10 heavy (non-hydrogen) atoms. The quantitative estimate of drug-likeness (QED) is 0.658. The molecule has 0 aliphatic rings. The number of aromatic nitrogens is 2. The Morgan fingerprint density at radius 3 is 2.80 bits per heavy atom. The van der Waals surface area contributed by atoms with Crippen LogP contribution >= 0.6 is 11.6 Å². The first-order valence-corrected chi connectivity index (χ1v) is 3.87. The molecular formula is C7H11ClN2. The van der Waals surface area contributed by atoms with E-state index in [-0.39, 0.29) is 0 Å². The van der Waals surface area contributed by atoms with Crippen LogP contribution in [0.5, 0.6) is 0 Å². The lowest BCUT2D eigenvalue weighted by Crippen LogP contribution is -1.91. The summed E-state index contributed by atoms with van der Waals surface area (Å²) < 4.78 is 0. The molecular weight excluding hydrogens is 148 g/mol. The van der Waals surface area contributed by atoms with Crippen LogP contribution < -0.4 is 0 Å². The zero-order valence-electron chi connectivity index (χ0n) is 6.19. The number of alkyl halides is 1. The summed E-state index contributed by atoms with van der Waals surface area (Å²) in [5.74, 6) is 1.03. The minimum Gasteiger partial charge on any atom is -0.282 e.